The Labute approximate surface area is 131 Å². The van der Waals surface area contributed by atoms with Crippen LogP contribution < -0.4 is 0 Å². The molecule has 0 amide bonds. The lowest BCUT2D eigenvalue weighted by atomic mass is 9.76. The fraction of sp³-hybridized carbons (Fsp3) is 0.500. The number of aromatic nitrogens is 1. The van der Waals surface area contributed by atoms with E-state index in [2.05, 4.69) is 4.98 Å². The fourth-order valence-electron chi connectivity index (χ4n) is 3.27. The van der Waals surface area contributed by atoms with E-state index >= 15 is 0 Å². The van der Waals surface area contributed by atoms with Crippen molar-refractivity contribution in [3.8, 4) is 0 Å². The largest absolute Gasteiger partial charge is 0.391 e. The van der Waals surface area contributed by atoms with Crippen LogP contribution >= 0.6 is 11.6 Å². The van der Waals surface area contributed by atoms with E-state index in [0.717, 1.165) is 16.6 Å². The van der Waals surface area contributed by atoms with E-state index in [4.69, 9.17) is 11.6 Å². The molecule has 1 fully saturated rings. The average Bonchev–Trinajstić information content (AvgIpc) is 2.78. The topological polar surface area (TPSA) is 36.0 Å². The van der Waals surface area contributed by atoms with Crippen molar-refractivity contribution in [3.05, 3.63) is 35.0 Å². The Morgan fingerprint density at radius 2 is 1.91 bits per heavy atom. The highest BCUT2D eigenvalue weighted by Gasteiger charge is 2.45. The maximum absolute atomic E-state index is 12.7. The molecule has 1 aromatic carbocycles. The van der Waals surface area contributed by atoms with Crippen molar-refractivity contribution in [2.75, 3.05) is 0 Å². The van der Waals surface area contributed by atoms with Gasteiger partial charge in [-0.05, 0) is 49.9 Å². The van der Waals surface area contributed by atoms with Gasteiger partial charge >= 0.3 is 6.18 Å². The lowest BCUT2D eigenvalue weighted by Gasteiger charge is -2.36. The normalized spacial score (nSPS) is 26.5. The minimum absolute atomic E-state index is 0.00788. The number of alkyl halides is 3. The molecule has 0 atom stereocenters. The van der Waals surface area contributed by atoms with Crippen molar-refractivity contribution < 1.29 is 18.3 Å². The summed E-state index contributed by atoms with van der Waals surface area (Å²) in [4.78, 5) is 3.20. The summed E-state index contributed by atoms with van der Waals surface area (Å²) in [5.41, 5.74) is 0.670. The highest BCUT2D eigenvalue weighted by atomic mass is 35.5. The number of hydrogen-bond acceptors (Lipinski definition) is 1. The summed E-state index contributed by atoms with van der Waals surface area (Å²) < 4.78 is 38.1. The van der Waals surface area contributed by atoms with Crippen molar-refractivity contribution in [2.45, 2.75) is 43.9 Å². The highest BCUT2D eigenvalue weighted by Crippen LogP contribution is 2.42. The molecule has 0 saturated heterocycles. The molecule has 1 heterocycles. The van der Waals surface area contributed by atoms with Crippen LogP contribution in [-0.2, 0) is 6.42 Å². The van der Waals surface area contributed by atoms with E-state index in [0.29, 0.717) is 11.4 Å². The molecule has 0 spiro atoms. The summed E-state index contributed by atoms with van der Waals surface area (Å²) in [7, 11) is 0. The van der Waals surface area contributed by atoms with Gasteiger partial charge in [0.05, 0.1) is 11.5 Å². The number of nitrogens with one attached hydrogen (secondary N) is 1. The summed E-state index contributed by atoms with van der Waals surface area (Å²) in [6, 6.07) is 7.34. The van der Waals surface area contributed by atoms with Crippen molar-refractivity contribution in [1.82, 2.24) is 4.98 Å². The third-order valence-electron chi connectivity index (χ3n) is 4.54. The highest BCUT2D eigenvalue weighted by molar-refractivity contribution is 6.31. The van der Waals surface area contributed by atoms with Gasteiger partial charge in [-0.1, -0.05) is 11.6 Å². The van der Waals surface area contributed by atoms with Gasteiger partial charge in [-0.2, -0.15) is 13.2 Å². The van der Waals surface area contributed by atoms with Crippen molar-refractivity contribution in [3.63, 3.8) is 0 Å². The Kier molecular flexibility index (Phi) is 3.89. The first kappa shape index (κ1) is 15.7. The molecule has 0 aliphatic heterocycles. The Morgan fingerprint density at radius 3 is 2.55 bits per heavy atom. The lowest BCUT2D eigenvalue weighted by Crippen LogP contribution is -2.39. The standard InChI is InChI=1S/C16H17ClF3NO/c17-12-1-2-14-10(7-12)8-13(21-14)9-15(22)5-3-11(4-6-15)16(18,19)20/h1-2,7-8,11,21-22H,3-6,9H2. The number of aromatic amines is 1. The molecule has 0 unspecified atom stereocenters. The third-order valence-corrected chi connectivity index (χ3v) is 4.77. The van der Waals surface area contributed by atoms with Gasteiger partial charge in [0.1, 0.15) is 0 Å². The molecule has 6 heteroatoms. The minimum atomic E-state index is -4.15. The number of benzene rings is 1. The zero-order chi connectivity index (χ0) is 16.0. The van der Waals surface area contributed by atoms with Gasteiger partial charge in [0.15, 0.2) is 0 Å². The van der Waals surface area contributed by atoms with Gasteiger partial charge in [-0.3, -0.25) is 0 Å². The smallest absolute Gasteiger partial charge is 0.389 e. The van der Waals surface area contributed by atoms with Crippen LogP contribution in [0.25, 0.3) is 10.9 Å². The van der Waals surface area contributed by atoms with Crippen molar-refractivity contribution >= 4 is 22.5 Å². The van der Waals surface area contributed by atoms with Crippen LogP contribution in [0.3, 0.4) is 0 Å². The summed E-state index contributed by atoms with van der Waals surface area (Å²) in [6.45, 7) is 0. The van der Waals surface area contributed by atoms with E-state index in [-0.39, 0.29) is 25.7 Å². The molecule has 0 bridgehead atoms. The maximum atomic E-state index is 12.7. The van der Waals surface area contributed by atoms with Gasteiger partial charge in [-0.25, -0.2) is 0 Å². The summed E-state index contributed by atoms with van der Waals surface area (Å²) in [5.74, 6) is -1.28. The summed E-state index contributed by atoms with van der Waals surface area (Å²) in [5, 5.41) is 12.1. The molecule has 3 rings (SSSR count). The molecule has 2 aromatic rings. The molecule has 22 heavy (non-hydrogen) atoms. The number of aliphatic hydroxyl groups is 1. The van der Waals surface area contributed by atoms with Gasteiger partial charge in [0.2, 0.25) is 0 Å². The first-order valence-corrected chi connectivity index (χ1v) is 7.69. The fourth-order valence-corrected chi connectivity index (χ4v) is 3.45. The Bertz CT molecular complexity index is 672. The number of hydrogen-bond donors (Lipinski definition) is 2. The molecule has 1 aliphatic rings. The molecule has 1 aromatic heterocycles. The van der Waals surface area contributed by atoms with E-state index in [1.165, 1.54) is 0 Å². The second kappa shape index (κ2) is 5.46. The number of fused-ring (bicyclic) bond motifs is 1. The van der Waals surface area contributed by atoms with Crippen LogP contribution in [0.4, 0.5) is 13.2 Å². The van der Waals surface area contributed by atoms with E-state index < -0.39 is 17.7 Å². The summed E-state index contributed by atoms with van der Waals surface area (Å²) in [6.07, 6.45) is -3.48. The zero-order valence-electron chi connectivity index (χ0n) is 11.9. The van der Waals surface area contributed by atoms with Gasteiger partial charge in [-0.15, -0.1) is 0 Å². The van der Waals surface area contributed by atoms with Crippen LogP contribution in [0, 0.1) is 5.92 Å². The lowest BCUT2D eigenvalue weighted by molar-refractivity contribution is -0.192. The number of rotatable bonds is 2. The van der Waals surface area contributed by atoms with Gasteiger partial charge in [0, 0.05) is 28.0 Å². The zero-order valence-corrected chi connectivity index (χ0v) is 12.6. The molecule has 1 saturated carbocycles. The molecule has 1 aliphatic carbocycles. The van der Waals surface area contributed by atoms with Crippen molar-refractivity contribution in [2.24, 2.45) is 5.92 Å². The molecular weight excluding hydrogens is 315 g/mol. The maximum Gasteiger partial charge on any atom is 0.391 e. The van der Waals surface area contributed by atoms with Crippen LogP contribution in [0.15, 0.2) is 24.3 Å². The van der Waals surface area contributed by atoms with E-state index in [1.54, 1.807) is 6.07 Å². The van der Waals surface area contributed by atoms with Crippen LogP contribution in [0.5, 0.6) is 0 Å². The Morgan fingerprint density at radius 1 is 1.23 bits per heavy atom. The van der Waals surface area contributed by atoms with Crippen molar-refractivity contribution in [1.29, 1.82) is 0 Å². The number of H-pyrrole nitrogens is 1. The molecule has 2 N–H and O–H groups in total. The monoisotopic (exact) mass is 331 g/mol. The van der Waals surface area contributed by atoms with Crippen LogP contribution in [0.2, 0.25) is 5.02 Å². The van der Waals surface area contributed by atoms with Crippen LogP contribution in [0.1, 0.15) is 31.4 Å². The predicted octanol–water partition coefficient (Wildman–Crippen LogP) is 4.85. The van der Waals surface area contributed by atoms with Crippen LogP contribution in [-0.4, -0.2) is 21.9 Å². The third kappa shape index (κ3) is 3.25. The SMILES string of the molecule is OC1(Cc2cc3cc(Cl)ccc3[nH]2)CCC(C(F)(F)F)CC1. The molecule has 0 radical (unpaired) electrons. The molecule has 2 nitrogen and oxygen atoms in total. The first-order chi connectivity index (χ1) is 10.3. The van der Waals surface area contributed by atoms with E-state index in [9.17, 15) is 18.3 Å². The second-order valence-corrected chi connectivity index (χ2v) is 6.68. The summed E-state index contributed by atoms with van der Waals surface area (Å²) >= 11 is 5.94. The predicted molar refractivity (Wildman–Crippen MR) is 80.0 cm³/mol. The molecular formula is C16H17ClF3NO. The van der Waals surface area contributed by atoms with E-state index in [1.807, 2.05) is 18.2 Å². The second-order valence-electron chi connectivity index (χ2n) is 6.24. The first-order valence-electron chi connectivity index (χ1n) is 7.31. The van der Waals surface area contributed by atoms with Gasteiger partial charge < -0.3 is 10.1 Å². The Hall–Kier alpha value is -1.20. The minimum Gasteiger partial charge on any atom is -0.389 e. The Balaban J connectivity index is 1.72. The quantitative estimate of drug-likeness (QED) is 0.811. The number of halogens is 4. The molecule has 120 valence electrons. The van der Waals surface area contributed by atoms with Gasteiger partial charge in [0.25, 0.3) is 0 Å². The average molecular weight is 332 g/mol.